The molecule has 2 aromatic heterocycles. The van der Waals surface area contributed by atoms with Gasteiger partial charge in [-0.1, -0.05) is 11.6 Å². The van der Waals surface area contributed by atoms with Gasteiger partial charge in [0.05, 0.1) is 0 Å². The molecule has 0 radical (unpaired) electrons. The summed E-state index contributed by atoms with van der Waals surface area (Å²) >= 11 is 4.86. The molecule has 2 aromatic rings. The van der Waals surface area contributed by atoms with Gasteiger partial charge in [-0.2, -0.15) is 14.5 Å². The van der Waals surface area contributed by atoms with Gasteiger partial charge in [0.1, 0.15) is 5.15 Å². The fraction of sp³-hybridized carbons (Fsp3) is 0.583. The largest absolute Gasteiger partial charge is 0.337 e. The van der Waals surface area contributed by atoms with Crippen LogP contribution >= 0.6 is 11.6 Å². The molecule has 3 heterocycles. The second-order valence-electron chi connectivity index (χ2n) is 5.30. The molecule has 0 aromatic carbocycles. The Morgan fingerprint density at radius 1 is 1.23 bits per heavy atom. The fourth-order valence-electron chi connectivity index (χ4n) is 2.37. The number of nitrogens with zero attached hydrogens (tertiary/aromatic N) is 7. The number of hydrogen-bond acceptors (Lipinski definition) is 5. The highest BCUT2D eigenvalue weighted by Gasteiger charge is 2.24. The first-order valence-electron chi connectivity index (χ1n) is 6.95. The Bertz CT molecular complexity index is 711. The Hall–Kier alpha value is -1.29. The van der Waals surface area contributed by atoms with Crippen LogP contribution in [0.5, 0.6) is 0 Å². The normalized spacial score (nSPS) is 18.3. The number of anilines is 1. The standard InChI is InChI=1S/C12H18ClN7OS/c1-9-8-10(13)14-11-15-12(16-20(9)11)18-4-6-19(7-5-18)22(21)17(2)3/h8H,4-7H2,1-3H3. The van der Waals surface area contributed by atoms with Gasteiger partial charge in [0.25, 0.3) is 5.78 Å². The fourth-order valence-corrected chi connectivity index (χ4v) is 3.54. The average molecular weight is 344 g/mol. The van der Waals surface area contributed by atoms with E-state index in [1.807, 2.05) is 25.3 Å². The molecule has 1 aliphatic rings. The van der Waals surface area contributed by atoms with Crippen LogP contribution in [0.15, 0.2) is 6.07 Å². The number of aryl methyl sites for hydroxylation is 1. The van der Waals surface area contributed by atoms with E-state index >= 15 is 0 Å². The van der Waals surface area contributed by atoms with Crippen molar-refractivity contribution in [3.05, 3.63) is 16.9 Å². The lowest BCUT2D eigenvalue weighted by Gasteiger charge is -2.33. The Morgan fingerprint density at radius 2 is 1.91 bits per heavy atom. The van der Waals surface area contributed by atoms with E-state index in [9.17, 15) is 4.21 Å². The van der Waals surface area contributed by atoms with Crippen LogP contribution in [0.2, 0.25) is 5.15 Å². The van der Waals surface area contributed by atoms with Gasteiger partial charge in [0, 0.05) is 46.0 Å². The van der Waals surface area contributed by atoms with Crippen LogP contribution in [0, 0.1) is 6.92 Å². The summed E-state index contributed by atoms with van der Waals surface area (Å²) < 4.78 is 17.4. The van der Waals surface area contributed by atoms with Crippen LogP contribution < -0.4 is 4.90 Å². The highest BCUT2D eigenvalue weighted by Crippen LogP contribution is 2.16. The van der Waals surface area contributed by atoms with Crippen molar-refractivity contribution in [3.63, 3.8) is 0 Å². The van der Waals surface area contributed by atoms with Crippen molar-refractivity contribution in [2.45, 2.75) is 6.92 Å². The molecule has 3 rings (SSSR count). The van der Waals surface area contributed by atoms with Gasteiger partial charge in [0.2, 0.25) is 5.95 Å². The number of piperazine rings is 1. The van der Waals surface area contributed by atoms with Crippen molar-refractivity contribution in [2.24, 2.45) is 0 Å². The summed E-state index contributed by atoms with van der Waals surface area (Å²) in [5, 5.41) is 4.90. The quantitative estimate of drug-likeness (QED) is 0.752. The molecule has 0 bridgehead atoms. The van der Waals surface area contributed by atoms with Crippen molar-refractivity contribution in [1.29, 1.82) is 0 Å². The van der Waals surface area contributed by atoms with Crippen molar-refractivity contribution >= 4 is 34.5 Å². The summed E-state index contributed by atoms with van der Waals surface area (Å²) in [7, 11) is 3.62. The maximum Gasteiger partial charge on any atom is 0.255 e. The molecular weight excluding hydrogens is 326 g/mol. The summed E-state index contributed by atoms with van der Waals surface area (Å²) in [6.07, 6.45) is 0. The molecule has 0 spiro atoms. The average Bonchev–Trinajstić information content (AvgIpc) is 2.90. The Balaban J connectivity index is 1.77. The Kier molecular flexibility index (Phi) is 4.31. The SMILES string of the molecule is Cc1cc(Cl)nc2nc(N3CCN(S(=O)N(C)C)CC3)nn12. The molecule has 8 nitrogen and oxygen atoms in total. The lowest BCUT2D eigenvalue weighted by Crippen LogP contribution is -2.49. The third kappa shape index (κ3) is 2.94. The van der Waals surface area contributed by atoms with Crippen LogP contribution in [0.25, 0.3) is 5.78 Å². The molecule has 1 atom stereocenters. The maximum atomic E-state index is 12.0. The molecular formula is C12H18ClN7OS. The molecule has 1 unspecified atom stereocenters. The minimum atomic E-state index is -1.09. The van der Waals surface area contributed by atoms with Crippen LogP contribution in [-0.2, 0) is 11.2 Å². The van der Waals surface area contributed by atoms with Crippen LogP contribution in [0.4, 0.5) is 5.95 Å². The molecule has 0 aliphatic carbocycles. The van der Waals surface area contributed by atoms with Crippen molar-refractivity contribution in [3.8, 4) is 0 Å². The first-order chi connectivity index (χ1) is 10.5. The Labute approximate surface area is 136 Å². The molecule has 1 aliphatic heterocycles. The van der Waals surface area contributed by atoms with Gasteiger partial charge in [-0.05, 0) is 13.0 Å². The first kappa shape index (κ1) is 15.6. The van der Waals surface area contributed by atoms with Gasteiger partial charge < -0.3 is 4.90 Å². The van der Waals surface area contributed by atoms with E-state index in [-0.39, 0.29) is 0 Å². The van der Waals surface area contributed by atoms with E-state index in [4.69, 9.17) is 11.6 Å². The molecule has 10 heteroatoms. The van der Waals surface area contributed by atoms with Gasteiger partial charge in [0.15, 0.2) is 11.2 Å². The molecule has 0 saturated carbocycles. The maximum absolute atomic E-state index is 12.0. The zero-order valence-electron chi connectivity index (χ0n) is 12.7. The smallest absolute Gasteiger partial charge is 0.255 e. The van der Waals surface area contributed by atoms with E-state index in [1.54, 1.807) is 14.9 Å². The zero-order chi connectivity index (χ0) is 15.9. The zero-order valence-corrected chi connectivity index (χ0v) is 14.3. The number of fused-ring (bicyclic) bond motifs is 1. The molecule has 0 N–H and O–H groups in total. The van der Waals surface area contributed by atoms with Crippen LogP contribution in [0.3, 0.4) is 0 Å². The second-order valence-corrected chi connectivity index (χ2v) is 7.40. The van der Waals surface area contributed by atoms with E-state index in [1.165, 1.54) is 0 Å². The summed E-state index contributed by atoms with van der Waals surface area (Å²) in [6.45, 7) is 4.77. The van der Waals surface area contributed by atoms with E-state index < -0.39 is 11.2 Å². The van der Waals surface area contributed by atoms with Gasteiger partial charge >= 0.3 is 0 Å². The second kappa shape index (κ2) is 6.07. The predicted octanol–water partition coefficient (Wildman–Crippen LogP) is 0.348. The number of hydrogen-bond donors (Lipinski definition) is 0. The lowest BCUT2D eigenvalue weighted by atomic mass is 10.4. The Morgan fingerprint density at radius 3 is 2.55 bits per heavy atom. The lowest BCUT2D eigenvalue weighted by molar-refractivity contribution is 0.386. The number of rotatable bonds is 3. The number of halogens is 1. The third-order valence-corrected chi connectivity index (χ3v) is 5.13. The molecule has 22 heavy (non-hydrogen) atoms. The van der Waals surface area contributed by atoms with Crippen molar-refractivity contribution in [2.75, 3.05) is 45.2 Å². The highest BCUT2D eigenvalue weighted by molar-refractivity contribution is 7.80. The molecule has 1 saturated heterocycles. The van der Waals surface area contributed by atoms with Gasteiger partial charge in [-0.15, -0.1) is 5.10 Å². The first-order valence-corrected chi connectivity index (χ1v) is 8.39. The molecule has 0 amide bonds. The highest BCUT2D eigenvalue weighted by atomic mass is 35.5. The van der Waals surface area contributed by atoms with E-state index in [0.717, 1.165) is 18.8 Å². The van der Waals surface area contributed by atoms with E-state index in [0.29, 0.717) is 30.0 Å². The summed E-state index contributed by atoms with van der Waals surface area (Å²) in [4.78, 5) is 10.7. The topological polar surface area (TPSA) is 69.9 Å². The summed E-state index contributed by atoms with van der Waals surface area (Å²) in [6, 6.07) is 1.76. The minimum Gasteiger partial charge on any atom is -0.337 e. The number of aromatic nitrogens is 4. The van der Waals surface area contributed by atoms with Crippen LogP contribution in [-0.4, -0.2) is 72.7 Å². The van der Waals surface area contributed by atoms with Crippen molar-refractivity contribution < 1.29 is 4.21 Å². The van der Waals surface area contributed by atoms with Gasteiger partial charge in [-0.3, -0.25) is 0 Å². The minimum absolute atomic E-state index is 0.412. The van der Waals surface area contributed by atoms with E-state index in [2.05, 4.69) is 20.0 Å². The molecule has 120 valence electrons. The van der Waals surface area contributed by atoms with Crippen molar-refractivity contribution in [1.82, 2.24) is 28.2 Å². The summed E-state index contributed by atoms with van der Waals surface area (Å²) in [5.74, 6) is 1.13. The predicted molar refractivity (Wildman–Crippen MR) is 86.1 cm³/mol. The summed E-state index contributed by atoms with van der Waals surface area (Å²) in [5.41, 5.74) is 0.890. The third-order valence-electron chi connectivity index (χ3n) is 3.50. The van der Waals surface area contributed by atoms with Gasteiger partial charge in [-0.25, -0.2) is 12.8 Å². The molecule has 1 fully saturated rings. The monoisotopic (exact) mass is 343 g/mol. The van der Waals surface area contributed by atoms with Crippen LogP contribution in [0.1, 0.15) is 5.69 Å².